The molecule has 0 amide bonds. The van der Waals surface area contributed by atoms with E-state index in [-0.39, 0.29) is 12.0 Å². The topological polar surface area (TPSA) is 95.9 Å². The van der Waals surface area contributed by atoms with Crippen molar-refractivity contribution in [2.24, 2.45) is 0 Å². The highest BCUT2D eigenvalue weighted by Crippen LogP contribution is 2.25. The number of nitrogens with one attached hydrogen (secondary N) is 1. The summed E-state index contributed by atoms with van der Waals surface area (Å²) in [5, 5.41) is 8.77. The normalized spacial score (nSPS) is 10.6. The first-order valence-electron chi connectivity index (χ1n) is 5.51. The van der Waals surface area contributed by atoms with Crippen molar-refractivity contribution in [1.29, 1.82) is 0 Å². The largest absolute Gasteiger partial charge is 0.481 e. The Morgan fingerprint density at radius 2 is 2.15 bits per heavy atom. The molecule has 0 aromatic carbocycles. The Morgan fingerprint density at radius 3 is 2.70 bits per heavy atom. The predicted molar refractivity (Wildman–Crippen MR) is 79.6 cm³/mol. The number of hydrogen-bond donors (Lipinski definition) is 2. The number of H-pyrrole nitrogens is 1. The summed E-state index contributed by atoms with van der Waals surface area (Å²) in [6.45, 7) is 1.60. The minimum Gasteiger partial charge on any atom is -0.481 e. The second-order valence-electron chi connectivity index (χ2n) is 4.03. The molecule has 0 atom stereocenters. The summed E-state index contributed by atoms with van der Waals surface area (Å²) < 4.78 is 1.45. The molecular formula is C12H9Br2N3O3. The lowest BCUT2D eigenvalue weighted by Crippen LogP contribution is -2.20. The molecule has 0 saturated heterocycles. The number of hydrogen-bond acceptors (Lipinski definition) is 4. The van der Waals surface area contributed by atoms with Crippen LogP contribution in [0.3, 0.4) is 0 Å². The number of pyridine rings is 1. The molecule has 0 aliphatic rings. The van der Waals surface area contributed by atoms with Crippen molar-refractivity contribution in [2.75, 3.05) is 0 Å². The summed E-state index contributed by atoms with van der Waals surface area (Å²) in [7, 11) is 0. The summed E-state index contributed by atoms with van der Waals surface area (Å²) in [5.74, 6) is -0.780. The van der Waals surface area contributed by atoms with E-state index in [0.717, 1.165) is 4.47 Å². The zero-order valence-corrected chi connectivity index (χ0v) is 13.4. The fourth-order valence-electron chi connectivity index (χ4n) is 1.67. The Bertz CT molecular complexity index is 743. The molecule has 20 heavy (non-hydrogen) atoms. The van der Waals surface area contributed by atoms with Gasteiger partial charge in [0.2, 0.25) is 0 Å². The molecule has 0 bridgehead atoms. The third kappa shape index (κ3) is 3.13. The molecule has 2 heterocycles. The fraction of sp³-hybridized carbons (Fsp3) is 0.167. The standard InChI is InChI=1S/C12H9Br2N3O3/c1-5-7(3-9(18)19)12(20)17-11(16-5)10-8(14)2-6(13)4-15-10/h2,4H,3H2,1H3,(H,18,19)(H,16,17,20). The molecule has 6 nitrogen and oxygen atoms in total. The highest BCUT2D eigenvalue weighted by molar-refractivity contribution is 9.11. The van der Waals surface area contributed by atoms with E-state index in [0.29, 0.717) is 21.7 Å². The third-order valence-electron chi connectivity index (χ3n) is 2.58. The van der Waals surface area contributed by atoms with Crippen LogP contribution in [0.5, 0.6) is 0 Å². The number of carbonyl (C=O) groups is 1. The molecule has 0 radical (unpaired) electrons. The summed E-state index contributed by atoms with van der Waals surface area (Å²) in [5.41, 5.74) is 0.541. The lowest BCUT2D eigenvalue weighted by Gasteiger charge is -2.07. The van der Waals surface area contributed by atoms with E-state index in [1.807, 2.05) is 0 Å². The van der Waals surface area contributed by atoms with Gasteiger partial charge in [0.25, 0.3) is 5.56 Å². The first-order chi connectivity index (χ1) is 9.38. The van der Waals surface area contributed by atoms with Crippen LogP contribution in [0, 0.1) is 6.92 Å². The van der Waals surface area contributed by atoms with Crippen LogP contribution in [-0.2, 0) is 11.2 Å². The third-order valence-corrected chi connectivity index (χ3v) is 3.62. The first-order valence-corrected chi connectivity index (χ1v) is 7.10. The van der Waals surface area contributed by atoms with Crippen LogP contribution in [0.15, 0.2) is 26.0 Å². The van der Waals surface area contributed by atoms with Crippen LogP contribution in [0.2, 0.25) is 0 Å². The van der Waals surface area contributed by atoms with Gasteiger partial charge in [0, 0.05) is 26.4 Å². The zero-order valence-electron chi connectivity index (χ0n) is 10.3. The molecule has 2 aromatic rings. The van der Waals surface area contributed by atoms with Crippen LogP contribution in [-0.4, -0.2) is 26.0 Å². The van der Waals surface area contributed by atoms with Gasteiger partial charge in [-0.25, -0.2) is 4.98 Å². The predicted octanol–water partition coefficient (Wildman–Crippen LogP) is 2.29. The van der Waals surface area contributed by atoms with Gasteiger partial charge < -0.3 is 10.1 Å². The Labute approximate surface area is 130 Å². The SMILES string of the molecule is Cc1nc(-c2ncc(Br)cc2Br)[nH]c(=O)c1CC(=O)O. The molecule has 0 aliphatic heterocycles. The summed E-state index contributed by atoms with van der Waals surface area (Å²) in [6, 6.07) is 1.78. The monoisotopic (exact) mass is 401 g/mol. The number of aryl methyl sites for hydroxylation is 1. The van der Waals surface area contributed by atoms with Gasteiger partial charge in [-0.15, -0.1) is 0 Å². The van der Waals surface area contributed by atoms with Gasteiger partial charge in [0.05, 0.1) is 6.42 Å². The molecule has 8 heteroatoms. The Hall–Kier alpha value is -1.54. The van der Waals surface area contributed by atoms with Crippen LogP contribution in [0.1, 0.15) is 11.3 Å². The first kappa shape index (κ1) is 14.9. The van der Waals surface area contributed by atoms with E-state index in [2.05, 4.69) is 46.8 Å². The van der Waals surface area contributed by atoms with Gasteiger partial charge in [-0.05, 0) is 44.8 Å². The van der Waals surface area contributed by atoms with E-state index in [4.69, 9.17) is 5.11 Å². The smallest absolute Gasteiger partial charge is 0.308 e. The van der Waals surface area contributed by atoms with Crippen LogP contribution >= 0.6 is 31.9 Å². The zero-order chi connectivity index (χ0) is 14.9. The van der Waals surface area contributed by atoms with Crippen molar-refractivity contribution in [2.45, 2.75) is 13.3 Å². The van der Waals surface area contributed by atoms with Crippen molar-refractivity contribution in [3.63, 3.8) is 0 Å². The van der Waals surface area contributed by atoms with Gasteiger partial charge in [-0.1, -0.05) is 0 Å². The molecular weight excluding hydrogens is 394 g/mol. The van der Waals surface area contributed by atoms with Gasteiger partial charge in [-0.2, -0.15) is 0 Å². The van der Waals surface area contributed by atoms with Gasteiger partial charge in [0.15, 0.2) is 5.82 Å². The number of aromatic nitrogens is 3. The second kappa shape index (κ2) is 5.84. The van der Waals surface area contributed by atoms with Crippen LogP contribution in [0.25, 0.3) is 11.5 Å². The number of halogens is 2. The number of aliphatic carboxylic acids is 1. The number of aromatic amines is 1. The van der Waals surface area contributed by atoms with Gasteiger partial charge in [-0.3, -0.25) is 14.6 Å². The molecule has 0 spiro atoms. The van der Waals surface area contributed by atoms with E-state index in [9.17, 15) is 9.59 Å². The maximum atomic E-state index is 11.9. The Kier molecular flexibility index (Phi) is 4.34. The Morgan fingerprint density at radius 1 is 1.45 bits per heavy atom. The maximum absolute atomic E-state index is 11.9. The molecule has 2 aromatic heterocycles. The average Bonchev–Trinajstić information content (AvgIpc) is 2.33. The number of carboxylic acids is 1. The number of carboxylic acid groups (broad SMARTS) is 1. The molecule has 104 valence electrons. The van der Waals surface area contributed by atoms with Crippen molar-refractivity contribution in [3.05, 3.63) is 42.8 Å². The van der Waals surface area contributed by atoms with Crippen molar-refractivity contribution >= 4 is 37.8 Å². The minimum atomic E-state index is -1.07. The fourth-order valence-corrected chi connectivity index (χ4v) is 2.85. The highest BCUT2D eigenvalue weighted by atomic mass is 79.9. The molecule has 0 saturated carbocycles. The molecule has 0 fully saturated rings. The molecule has 2 rings (SSSR count). The summed E-state index contributed by atoms with van der Waals surface area (Å²) in [6.07, 6.45) is 1.23. The average molecular weight is 403 g/mol. The van der Waals surface area contributed by atoms with Crippen LogP contribution < -0.4 is 5.56 Å². The lowest BCUT2D eigenvalue weighted by atomic mass is 10.1. The molecule has 0 aliphatic carbocycles. The van der Waals surface area contributed by atoms with E-state index in [1.54, 1.807) is 19.2 Å². The summed E-state index contributed by atoms with van der Waals surface area (Å²) in [4.78, 5) is 33.6. The van der Waals surface area contributed by atoms with Crippen molar-refractivity contribution in [3.8, 4) is 11.5 Å². The maximum Gasteiger partial charge on any atom is 0.308 e. The van der Waals surface area contributed by atoms with Crippen molar-refractivity contribution in [1.82, 2.24) is 15.0 Å². The van der Waals surface area contributed by atoms with E-state index < -0.39 is 11.5 Å². The van der Waals surface area contributed by atoms with Gasteiger partial charge >= 0.3 is 5.97 Å². The number of rotatable bonds is 3. The van der Waals surface area contributed by atoms with E-state index in [1.165, 1.54) is 0 Å². The highest BCUT2D eigenvalue weighted by Gasteiger charge is 2.14. The van der Waals surface area contributed by atoms with Gasteiger partial charge in [0.1, 0.15) is 5.69 Å². The quantitative estimate of drug-likeness (QED) is 0.820. The lowest BCUT2D eigenvalue weighted by molar-refractivity contribution is -0.136. The van der Waals surface area contributed by atoms with E-state index >= 15 is 0 Å². The van der Waals surface area contributed by atoms with Crippen molar-refractivity contribution < 1.29 is 9.90 Å². The summed E-state index contributed by atoms with van der Waals surface area (Å²) >= 11 is 6.63. The Balaban J connectivity index is 2.55. The second-order valence-corrected chi connectivity index (χ2v) is 5.80. The van der Waals surface area contributed by atoms with Crippen LogP contribution in [0.4, 0.5) is 0 Å². The molecule has 0 unspecified atom stereocenters. The number of nitrogens with zero attached hydrogens (tertiary/aromatic N) is 2. The molecule has 2 N–H and O–H groups in total. The minimum absolute atomic E-state index is 0.148.